The van der Waals surface area contributed by atoms with E-state index in [1.165, 1.54) is 6.07 Å². The Morgan fingerprint density at radius 2 is 2.00 bits per heavy atom. The lowest BCUT2D eigenvalue weighted by Gasteiger charge is -2.59. The van der Waals surface area contributed by atoms with E-state index < -0.39 is 5.82 Å². The van der Waals surface area contributed by atoms with Gasteiger partial charge in [-0.05, 0) is 31.5 Å². The molecule has 0 bridgehead atoms. The average molecular weight is 320 g/mol. The van der Waals surface area contributed by atoms with Crippen molar-refractivity contribution in [1.82, 2.24) is 9.80 Å². The largest absolute Gasteiger partial charge is 0.493 e. The lowest BCUT2D eigenvalue weighted by molar-refractivity contribution is -0.0873. The predicted octanol–water partition coefficient (Wildman–Crippen LogP) is 2.64. The number of carbonyl (C=O) groups is 1. The monoisotopic (exact) mass is 320 g/mol. The quantitative estimate of drug-likeness (QED) is 0.836. The van der Waals surface area contributed by atoms with Gasteiger partial charge >= 0.3 is 0 Å². The van der Waals surface area contributed by atoms with Crippen LogP contribution >= 0.6 is 0 Å². The van der Waals surface area contributed by atoms with Crippen LogP contribution in [0.2, 0.25) is 0 Å². The van der Waals surface area contributed by atoms with Gasteiger partial charge in [0, 0.05) is 37.7 Å². The average Bonchev–Trinajstić information content (AvgIpc) is 2.40. The number of likely N-dealkylation sites (tertiary alicyclic amines) is 2. The Hall–Kier alpha value is -1.62. The summed E-state index contributed by atoms with van der Waals surface area (Å²) in [4.78, 5) is 16.4. The first kappa shape index (κ1) is 16.2. The van der Waals surface area contributed by atoms with Gasteiger partial charge < -0.3 is 14.5 Å². The molecular weight excluding hydrogens is 295 g/mol. The maximum absolute atomic E-state index is 14.2. The number of hydrogen-bond acceptors (Lipinski definition) is 3. The smallest absolute Gasteiger partial charge is 0.256 e. The second kappa shape index (κ2) is 6.11. The molecule has 0 atom stereocenters. The van der Waals surface area contributed by atoms with Gasteiger partial charge in [-0.2, -0.15) is 0 Å². The van der Waals surface area contributed by atoms with E-state index in [0.29, 0.717) is 18.3 Å². The normalized spacial score (nSPS) is 19.6. The molecule has 2 fully saturated rings. The van der Waals surface area contributed by atoms with Crippen molar-refractivity contribution in [3.63, 3.8) is 0 Å². The van der Waals surface area contributed by atoms with E-state index in [2.05, 4.69) is 25.8 Å². The fraction of sp³-hybridized carbons (Fsp3) is 0.611. The maximum atomic E-state index is 14.2. The highest BCUT2D eigenvalue weighted by molar-refractivity contribution is 5.95. The lowest BCUT2D eigenvalue weighted by atomic mass is 9.73. The topological polar surface area (TPSA) is 32.8 Å². The molecule has 23 heavy (non-hydrogen) atoms. The van der Waals surface area contributed by atoms with Gasteiger partial charge in [0.1, 0.15) is 11.6 Å². The molecular formula is C18H25FN2O2. The van der Waals surface area contributed by atoms with Crippen molar-refractivity contribution in [2.24, 2.45) is 11.3 Å². The van der Waals surface area contributed by atoms with Crippen LogP contribution < -0.4 is 4.74 Å². The summed E-state index contributed by atoms with van der Waals surface area (Å²) >= 11 is 0. The molecule has 2 saturated heterocycles. The zero-order valence-corrected chi connectivity index (χ0v) is 14.1. The number of amides is 1. The van der Waals surface area contributed by atoms with Gasteiger partial charge in [0.05, 0.1) is 12.2 Å². The van der Waals surface area contributed by atoms with Crippen LogP contribution in [0.5, 0.6) is 5.75 Å². The molecule has 1 aromatic carbocycles. The molecule has 0 saturated carbocycles. The first-order valence-corrected chi connectivity index (χ1v) is 8.29. The first-order valence-electron chi connectivity index (χ1n) is 8.29. The van der Waals surface area contributed by atoms with Crippen molar-refractivity contribution in [3.05, 3.63) is 29.6 Å². The number of halogens is 1. The van der Waals surface area contributed by atoms with E-state index in [9.17, 15) is 9.18 Å². The van der Waals surface area contributed by atoms with Crippen molar-refractivity contribution >= 4 is 5.91 Å². The number of nitrogens with zero attached hydrogens (tertiary/aromatic N) is 2. The molecule has 3 rings (SSSR count). The highest BCUT2D eigenvalue weighted by Crippen LogP contribution is 2.39. The van der Waals surface area contributed by atoms with Gasteiger partial charge in [0.15, 0.2) is 0 Å². The molecule has 5 heteroatoms. The third-order valence-electron chi connectivity index (χ3n) is 4.69. The molecule has 0 aliphatic carbocycles. The Labute approximate surface area is 137 Å². The van der Waals surface area contributed by atoms with Gasteiger partial charge in [-0.3, -0.25) is 4.79 Å². The van der Waals surface area contributed by atoms with Crippen LogP contribution in [-0.2, 0) is 0 Å². The fourth-order valence-electron chi connectivity index (χ4n) is 3.55. The summed E-state index contributed by atoms with van der Waals surface area (Å²) in [7, 11) is 2.08. The Morgan fingerprint density at radius 3 is 2.57 bits per heavy atom. The Bertz CT molecular complexity index is 589. The maximum Gasteiger partial charge on any atom is 0.256 e. The van der Waals surface area contributed by atoms with Gasteiger partial charge in [-0.15, -0.1) is 0 Å². The minimum absolute atomic E-state index is 0.142. The van der Waals surface area contributed by atoms with Crippen LogP contribution in [0.25, 0.3) is 0 Å². The highest BCUT2D eigenvalue weighted by atomic mass is 19.1. The zero-order valence-electron chi connectivity index (χ0n) is 14.1. The van der Waals surface area contributed by atoms with Crippen LogP contribution in [0, 0.1) is 17.2 Å². The summed E-state index contributed by atoms with van der Waals surface area (Å²) in [6.07, 6.45) is 0.923. The summed E-state index contributed by atoms with van der Waals surface area (Å²) in [5.74, 6) is 0.325. The number of hydrogen-bond donors (Lipinski definition) is 0. The Morgan fingerprint density at radius 1 is 1.30 bits per heavy atom. The molecule has 126 valence electrons. The van der Waals surface area contributed by atoms with E-state index in [0.717, 1.165) is 32.6 Å². The molecule has 0 radical (unpaired) electrons. The van der Waals surface area contributed by atoms with E-state index in [-0.39, 0.29) is 16.9 Å². The van der Waals surface area contributed by atoms with E-state index >= 15 is 0 Å². The molecule has 1 aromatic rings. The molecule has 2 aliphatic heterocycles. The molecule has 0 aromatic heterocycles. The second-order valence-corrected chi connectivity index (χ2v) is 7.51. The minimum atomic E-state index is -0.497. The van der Waals surface area contributed by atoms with Gasteiger partial charge in [-0.1, -0.05) is 13.8 Å². The van der Waals surface area contributed by atoms with E-state index in [1.807, 2.05) is 0 Å². The molecule has 2 aliphatic rings. The number of carbonyl (C=O) groups excluding carboxylic acids is 1. The van der Waals surface area contributed by atoms with Crippen molar-refractivity contribution < 1.29 is 13.9 Å². The number of benzene rings is 1. The summed E-state index contributed by atoms with van der Waals surface area (Å²) in [6.45, 7) is 8.33. The SMILES string of the molecule is CC(C)CCOc1ccc(C(=O)N2CC3(CN(C)C3)C2)c(F)c1. The molecule has 1 amide bonds. The third-order valence-corrected chi connectivity index (χ3v) is 4.69. The summed E-state index contributed by atoms with van der Waals surface area (Å²) in [5, 5.41) is 0. The zero-order chi connectivity index (χ0) is 16.6. The second-order valence-electron chi connectivity index (χ2n) is 7.51. The minimum Gasteiger partial charge on any atom is -0.493 e. The van der Waals surface area contributed by atoms with Crippen molar-refractivity contribution in [2.45, 2.75) is 20.3 Å². The van der Waals surface area contributed by atoms with Crippen molar-refractivity contribution in [1.29, 1.82) is 0 Å². The van der Waals surface area contributed by atoms with Crippen LogP contribution in [0.4, 0.5) is 4.39 Å². The molecule has 4 nitrogen and oxygen atoms in total. The third kappa shape index (κ3) is 3.34. The Balaban J connectivity index is 1.57. The Kier molecular flexibility index (Phi) is 4.32. The van der Waals surface area contributed by atoms with Crippen LogP contribution in [0.15, 0.2) is 18.2 Å². The first-order chi connectivity index (χ1) is 10.9. The molecule has 2 heterocycles. The summed E-state index contributed by atoms with van der Waals surface area (Å²) in [6, 6.07) is 4.55. The fourth-order valence-corrected chi connectivity index (χ4v) is 3.55. The van der Waals surface area contributed by atoms with Gasteiger partial charge in [0.25, 0.3) is 5.91 Å². The van der Waals surface area contributed by atoms with E-state index in [1.54, 1.807) is 17.0 Å². The van der Waals surface area contributed by atoms with Crippen molar-refractivity contribution in [2.75, 3.05) is 39.8 Å². The van der Waals surface area contributed by atoms with Crippen LogP contribution in [0.3, 0.4) is 0 Å². The van der Waals surface area contributed by atoms with Gasteiger partial charge in [0.2, 0.25) is 0 Å². The van der Waals surface area contributed by atoms with Crippen LogP contribution in [0.1, 0.15) is 30.6 Å². The van der Waals surface area contributed by atoms with Crippen molar-refractivity contribution in [3.8, 4) is 5.75 Å². The molecule has 1 spiro atoms. The van der Waals surface area contributed by atoms with E-state index in [4.69, 9.17) is 4.74 Å². The summed E-state index contributed by atoms with van der Waals surface area (Å²) in [5.41, 5.74) is 0.407. The predicted molar refractivity (Wildman–Crippen MR) is 87.2 cm³/mol. The highest BCUT2D eigenvalue weighted by Gasteiger charge is 2.52. The van der Waals surface area contributed by atoms with Crippen LogP contribution in [-0.4, -0.2) is 55.5 Å². The van der Waals surface area contributed by atoms with Gasteiger partial charge in [-0.25, -0.2) is 4.39 Å². The molecule has 0 N–H and O–H groups in total. The standard InChI is InChI=1S/C18H25FN2O2/c1-13(2)6-7-23-14-4-5-15(16(19)8-14)17(22)21-11-18(12-21)9-20(3)10-18/h4-5,8,13H,6-7,9-12H2,1-3H3. The molecule has 0 unspecified atom stereocenters. The number of rotatable bonds is 5. The number of ether oxygens (including phenoxy) is 1. The summed E-state index contributed by atoms with van der Waals surface area (Å²) < 4.78 is 19.8. The lowest BCUT2D eigenvalue weighted by Crippen LogP contribution is -2.72.